The number of halogens is 1. The number of para-hydroxylation sites is 1. The number of amides is 2. The molecule has 0 saturated heterocycles. The number of carbonyl (C=O) groups excluding carboxylic acids is 2. The summed E-state index contributed by atoms with van der Waals surface area (Å²) in [6, 6.07) is 17.6. The van der Waals surface area contributed by atoms with Crippen LogP contribution in [0.3, 0.4) is 0 Å². The van der Waals surface area contributed by atoms with Crippen molar-refractivity contribution in [1.29, 1.82) is 0 Å². The molecule has 1 saturated carbocycles. The summed E-state index contributed by atoms with van der Waals surface area (Å²) in [5.74, 6) is 0.294. The fourth-order valence-electron chi connectivity index (χ4n) is 4.27. The van der Waals surface area contributed by atoms with Crippen LogP contribution in [0.25, 0.3) is 0 Å². The van der Waals surface area contributed by atoms with Crippen molar-refractivity contribution in [2.75, 3.05) is 12.0 Å². The van der Waals surface area contributed by atoms with Crippen LogP contribution in [0.4, 0.5) is 5.69 Å². The van der Waals surface area contributed by atoms with E-state index in [1.54, 1.807) is 36.3 Å². The van der Waals surface area contributed by atoms with Crippen LogP contribution in [0, 0.1) is 0 Å². The zero-order valence-corrected chi connectivity index (χ0v) is 20.1. The Morgan fingerprint density at radius 3 is 2.45 bits per heavy atom. The number of nitrogens with one attached hydrogen (secondary N) is 1. The fourth-order valence-corrected chi connectivity index (χ4v) is 5.19. The van der Waals surface area contributed by atoms with Crippen LogP contribution in [0.1, 0.15) is 42.2 Å². The highest BCUT2D eigenvalue weighted by atomic mass is 35.5. The van der Waals surface area contributed by atoms with E-state index in [1.165, 1.54) is 11.3 Å². The number of rotatable bonds is 8. The lowest BCUT2D eigenvalue weighted by atomic mass is 10.0. The first-order valence-electron chi connectivity index (χ1n) is 11.1. The standard InChI is InChI=1S/C26H27ClN2O3S/c1-32-20-14-12-18(13-15-20)25(26(31)28-19-7-2-3-8-19)29(23-11-5-4-10-22(23)27)24(30)17-21-9-6-16-33-21/h4-6,9-16,19,25H,2-3,7-8,17H2,1H3,(H,28,31). The van der Waals surface area contributed by atoms with Gasteiger partial charge in [-0.15, -0.1) is 11.3 Å². The van der Waals surface area contributed by atoms with E-state index in [9.17, 15) is 9.59 Å². The van der Waals surface area contributed by atoms with E-state index in [0.717, 1.165) is 30.6 Å². The molecule has 5 nitrogen and oxygen atoms in total. The molecule has 1 atom stereocenters. The second-order valence-electron chi connectivity index (χ2n) is 8.14. The highest BCUT2D eigenvalue weighted by molar-refractivity contribution is 7.10. The van der Waals surface area contributed by atoms with Crippen molar-refractivity contribution in [1.82, 2.24) is 5.32 Å². The van der Waals surface area contributed by atoms with Crippen molar-refractivity contribution >= 4 is 40.4 Å². The van der Waals surface area contributed by atoms with E-state index in [0.29, 0.717) is 22.0 Å². The number of ether oxygens (including phenoxy) is 1. The minimum Gasteiger partial charge on any atom is -0.497 e. The second kappa shape index (κ2) is 10.9. The second-order valence-corrected chi connectivity index (χ2v) is 9.58. The molecule has 2 aromatic carbocycles. The van der Waals surface area contributed by atoms with Crippen LogP contribution in [-0.4, -0.2) is 25.0 Å². The van der Waals surface area contributed by atoms with Crippen molar-refractivity contribution in [2.24, 2.45) is 0 Å². The molecule has 1 aliphatic carbocycles. The van der Waals surface area contributed by atoms with Crippen molar-refractivity contribution in [3.8, 4) is 5.75 Å². The molecular formula is C26H27ClN2O3S. The third kappa shape index (κ3) is 5.57. The minimum atomic E-state index is -0.858. The molecule has 7 heteroatoms. The topological polar surface area (TPSA) is 58.6 Å². The van der Waals surface area contributed by atoms with E-state index in [2.05, 4.69) is 5.32 Å². The smallest absolute Gasteiger partial charge is 0.248 e. The summed E-state index contributed by atoms with van der Waals surface area (Å²) in [5.41, 5.74) is 1.22. The Kier molecular flexibility index (Phi) is 7.68. The molecule has 1 aliphatic rings. The van der Waals surface area contributed by atoms with Crippen LogP contribution in [0.2, 0.25) is 5.02 Å². The molecule has 4 rings (SSSR count). The Labute approximate surface area is 203 Å². The van der Waals surface area contributed by atoms with Gasteiger partial charge in [-0.3, -0.25) is 14.5 Å². The fraction of sp³-hybridized carbons (Fsp3) is 0.308. The van der Waals surface area contributed by atoms with Gasteiger partial charge < -0.3 is 10.1 Å². The van der Waals surface area contributed by atoms with Gasteiger partial charge in [0.2, 0.25) is 11.8 Å². The summed E-state index contributed by atoms with van der Waals surface area (Å²) in [4.78, 5) is 29.9. The van der Waals surface area contributed by atoms with Crippen LogP contribution < -0.4 is 15.0 Å². The number of hydrogen-bond donors (Lipinski definition) is 1. The highest BCUT2D eigenvalue weighted by Crippen LogP contribution is 2.35. The Balaban J connectivity index is 1.77. The zero-order chi connectivity index (χ0) is 23.2. The third-order valence-electron chi connectivity index (χ3n) is 5.93. The van der Waals surface area contributed by atoms with E-state index in [1.807, 2.05) is 41.8 Å². The van der Waals surface area contributed by atoms with E-state index >= 15 is 0 Å². The first kappa shape index (κ1) is 23.3. The molecule has 172 valence electrons. The number of anilines is 1. The van der Waals surface area contributed by atoms with E-state index < -0.39 is 6.04 Å². The van der Waals surface area contributed by atoms with Gasteiger partial charge in [-0.25, -0.2) is 0 Å². The predicted molar refractivity (Wildman–Crippen MR) is 133 cm³/mol. The number of nitrogens with zero attached hydrogens (tertiary/aromatic N) is 1. The summed E-state index contributed by atoms with van der Waals surface area (Å²) < 4.78 is 5.30. The molecule has 3 aromatic rings. The van der Waals surface area contributed by atoms with Gasteiger partial charge in [0.25, 0.3) is 0 Å². The molecule has 1 aromatic heterocycles. The predicted octanol–water partition coefficient (Wildman–Crippen LogP) is 5.79. The van der Waals surface area contributed by atoms with Crippen molar-refractivity contribution in [2.45, 2.75) is 44.2 Å². The minimum absolute atomic E-state index is 0.124. The molecule has 33 heavy (non-hydrogen) atoms. The first-order valence-corrected chi connectivity index (χ1v) is 12.4. The summed E-state index contributed by atoms with van der Waals surface area (Å²) in [5, 5.41) is 5.55. The summed E-state index contributed by atoms with van der Waals surface area (Å²) in [6.07, 6.45) is 4.30. The van der Waals surface area contributed by atoms with Gasteiger partial charge in [0.15, 0.2) is 0 Å². The number of carbonyl (C=O) groups is 2. The molecule has 0 spiro atoms. The third-order valence-corrected chi connectivity index (χ3v) is 7.12. The van der Waals surface area contributed by atoms with Crippen LogP contribution >= 0.6 is 22.9 Å². The summed E-state index contributed by atoms with van der Waals surface area (Å²) >= 11 is 8.07. The van der Waals surface area contributed by atoms with Gasteiger partial charge in [-0.05, 0) is 54.1 Å². The van der Waals surface area contributed by atoms with Crippen LogP contribution in [-0.2, 0) is 16.0 Å². The zero-order valence-electron chi connectivity index (χ0n) is 18.5. The summed E-state index contributed by atoms with van der Waals surface area (Å²) in [7, 11) is 1.60. The highest BCUT2D eigenvalue weighted by Gasteiger charge is 2.35. The lowest BCUT2D eigenvalue weighted by Crippen LogP contribution is -2.47. The molecule has 2 amide bonds. The number of thiophene rings is 1. The molecule has 0 radical (unpaired) electrons. The van der Waals surface area contributed by atoms with Gasteiger partial charge in [0.1, 0.15) is 11.8 Å². The molecule has 1 fully saturated rings. The molecule has 1 heterocycles. The molecule has 1 unspecified atom stereocenters. The van der Waals surface area contributed by atoms with Crippen molar-refractivity contribution < 1.29 is 14.3 Å². The molecule has 1 N–H and O–H groups in total. The van der Waals surface area contributed by atoms with Gasteiger partial charge in [0.05, 0.1) is 24.2 Å². The molecular weight excluding hydrogens is 456 g/mol. The van der Waals surface area contributed by atoms with E-state index in [4.69, 9.17) is 16.3 Å². The normalized spacial score (nSPS) is 14.6. The quantitative estimate of drug-likeness (QED) is 0.442. The SMILES string of the molecule is COc1ccc(C(C(=O)NC2CCCC2)N(C(=O)Cc2cccs2)c2ccccc2Cl)cc1. The average molecular weight is 483 g/mol. The maximum atomic E-state index is 13.7. The Hall–Kier alpha value is -2.83. The van der Waals surface area contributed by atoms with E-state index in [-0.39, 0.29) is 24.3 Å². The summed E-state index contributed by atoms with van der Waals surface area (Å²) in [6.45, 7) is 0. The largest absolute Gasteiger partial charge is 0.497 e. The monoisotopic (exact) mass is 482 g/mol. The average Bonchev–Trinajstić information content (AvgIpc) is 3.52. The Morgan fingerprint density at radius 2 is 1.82 bits per heavy atom. The number of benzene rings is 2. The van der Waals surface area contributed by atoms with Gasteiger partial charge >= 0.3 is 0 Å². The van der Waals surface area contributed by atoms with Crippen LogP contribution in [0.5, 0.6) is 5.75 Å². The lowest BCUT2D eigenvalue weighted by Gasteiger charge is -2.33. The number of hydrogen-bond acceptors (Lipinski definition) is 4. The first-order chi connectivity index (χ1) is 16.1. The Morgan fingerprint density at radius 1 is 1.09 bits per heavy atom. The van der Waals surface area contributed by atoms with Gasteiger partial charge in [0, 0.05) is 10.9 Å². The molecule has 0 aliphatic heterocycles. The number of methoxy groups -OCH3 is 1. The molecule has 0 bridgehead atoms. The van der Waals surface area contributed by atoms with Gasteiger partial charge in [-0.1, -0.05) is 54.8 Å². The lowest BCUT2D eigenvalue weighted by molar-refractivity contribution is -0.127. The van der Waals surface area contributed by atoms with Gasteiger partial charge in [-0.2, -0.15) is 0 Å². The van der Waals surface area contributed by atoms with Crippen molar-refractivity contribution in [3.05, 3.63) is 81.5 Å². The maximum Gasteiger partial charge on any atom is 0.248 e. The van der Waals surface area contributed by atoms with Crippen LogP contribution in [0.15, 0.2) is 66.0 Å². The maximum absolute atomic E-state index is 13.7. The Bertz CT molecular complexity index is 1080. The van der Waals surface area contributed by atoms with Crippen molar-refractivity contribution in [3.63, 3.8) is 0 Å².